The van der Waals surface area contributed by atoms with E-state index in [1.807, 2.05) is 6.92 Å². The lowest BCUT2D eigenvalue weighted by molar-refractivity contribution is -0.143. The number of nitrogens with one attached hydrogen (secondary N) is 2. The molecular formula is C13H24N2O4S. The lowest BCUT2D eigenvalue weighted by Crippen LogP contribution is -2.47. The van der Waals surface area contributed by atoms with Crippen LogP contribution in [0.4, 0.5) is 4.79 Å². The normalized spacial score (nSPS) is 25.5. The van der Waals surface area contributed by atoms with E-state index < -0.39 is 16.8 Å². The second-order valence-corrected chi connectivity index (χ2v) is 7.04. The van der Waals surface area contributed by atoms with Crippen molar-refractivity contribution in [1.82, 2.24) is 10.6 Å². The lowest BCUT2D eigenvalue weighted by atomic mass is 9.86. The van der Waals surface area contributed by atoms with Gasteiger partial charge in [0.15, 0.2) is 0 Å². The highest BCUT2D eigenvalue weighted by molar-refractivity contribution is 7.84. The number of carboxylic acids is 1. The highest BCUT2D eigenvalue weighted by Crippen LogP contribution is 2.24. The molecule has 6 nitrogen and oxygen atoms in total. The summed E-state index contributed by atoms with van der Waals surface area (Å²) >= 11 is 0. The fourth-order valence-corrected chi connectivity index (χ4v) is 3.10. The van der Waals surface area contributed by atoms with Crippen LogP contribution >= 0.6 is 0 Å². The van der Waals surface area contributed by atoms with Crippen molar-refractivity contribution in [3.63, 3.8) is 0 Å². The first-order valence-electron chi connectivity index (χ1n) is 6.98. The van der Waals surface area contributed by atoms with Crippen LogP contribution in [0.2, 0.25) is 0 Å². The summed E-state index contributed by atoms with van der Waals surface area (Å²) in [7, 11) is -0.854. The molecule has 0 aromatic carbocycles. The van der Waals surface area contributed by atoms with Crippen LogP contribution in [-0.2, 0) is 15.6 Å². The molecule has 4 unspecified atom stereocenters. The third-order valence-electron chi connectivity index (χ3n) is 3.57. The molecule has 4 atom stereocenters. The van der Waals surface area contributed by atoms with Crippen LogP contribution in [0, 0.1) is 5.92 Å². The zero-order valence-electron chi connectivity index (χ0n) is 12.1. The van der Waals surface area contributed by atoms with Gasteiger partial charge in [0.2, 0.25) is 0 Å². The van der Waals surface area contributed by atoms with Gasteiger partial charge in [-0.2, -0.15) is 0 Å². The standard InChI is InChI=1S/C13H24N2O4S/c1-9(6-7-20(2)19)14-13(18)15-11-5-3-4-10(8-11)12(16)17/h9-11H,3-8H2,1-2H3,(H,16,17)(H2,14,15,18). The molecule has 1 aliphatic rings. The number of aliphatic carboxylic acids is 1. The largest absolute Gasteiger partial charge is 0.481 e. The summed E-state index contributed by atoms with van der Waals surface area (Å²) in [4.78, 5) is 22.8. The Labute approximate surface area is 122 Å². The summed E-state index contributed by atoms with van der Waals surface area (Å²) in [6.45, 7) is 1.87. The number of rotatable bonds is 6. The number of carbonyl (C=O) groups excluding carboxylic acids is 1. The molecule has 1 aliphatic carbocycles. The van der Waals surface area contributed by atoms with Gasteiger partial charge >= 0.3 is 12.0 Å². The number of hydrogen-bond acceptors (Lipinski definition) is 3. The van der Waals surface area contributed by atoms with Crippen molar-refractivity contribution in [1.29, 1.82) is 0 Å². The quantitative estimate of drug-likeness (QED) is 0.684. The average molecular weight is 304 g/mol. The van der Waals surface area contributed by atoms with Gasteiger partial charge in [-0.25, -0.2) is 4.79 Å². The van der Waals surface area contributed by atoms with Crippen molar-refractivity contribution in [3.8, 4) is 0 Å². The first-order valence-corrected chi connectivity index (χ1v) is 8.71. The van der Waals surface area contributed by atoms with E-state index in [0.29, 0.717) is 25.0 Å². The maximum absolute atomic E-state index is 11.8. The second kappa shape index (κ2) is 8.24. The summed E-state index contributed by atoms with van der Waals surface area (Å²) < 4.78 is 11.0. The number of amides is 2. The molecule has 0 aromatic heterocycles. The molecular weight excluding hydrogens is 280 g/mol. The molecule has 3 N–H and O–H groups in total. The van der Waals surface area contributed by atoms with Crippen LogP contribution in [0.15, 0.2) is 0 Å². The Morgan fingerprint density at radius 1 is 1.40 bits per heavy atom. The smallest absolute Gasteiger partial charge is 0.315 e. The summed E-state index contributed by atoms with van der Waals surface area (Å²) in [6.07, 6.45) is 5.14. The van der Waals surface area contributed by atoms with E-state index in [-0.39, 0.29) is 24.0 Å². The predicted octanol–water partition coefficient (Wildman–Crippen LogP) is 1.09. The highest BCUT2D eigenvalue weighted by atomic mass is 32.2. The van der Waals surface area contributed by atoms with Gasteiger partial charge in [0.1, 0.15) is 0 Å². The number of carbonyl (C=O) groups is 2. The Bertz CT molecular complexity index is 375. The van der Waals surface area contributed by atoms with Crippen molar-refractivity contribution in [3.05, 3.63) is 0 Å². The van der Waals surface area contributed by atoms with Crippen LogP contribution < -0.4 is 10.6 Å². The monoisotopic (exact) mass is 304 g/mol. The van der Waals surface area contributed by atoms with Crippen molar-refractivity contribution in [2.75, 3.05) is 12.0 Å². The van der Waals surface area contributed by atoms with Gasteiger partial charge in [-0.1, -0.05) is 6.42 Å². The van der Waals surface area contributed by atoms with E-state index in [0.717, 1.165) is 12.8 Å². The van der Waals surface area contributed by atoms with Crippen LogP contribution in [0.1, 0.15) is 39.0 Å². The van der Waals surface area contributed by atoms with E-state index in [2.05, 4.69) is 10.6 Å². The maximum Gasteiger partial charge on any atom is 0.315 e. The average Bonchev–Trinajstić information content (AvgIpc) is 2.36. The first-order chi connectivity index (χ1) is 9.38. The van der Waals surface area contributed by atoms with Crippen molar-refractivity contribution in [2.24, 2.45) is 5.92 Å². The molecule has 0 aromatic rings. The molecule has 116 valence electrons. The third kappa shape index (κ3) is 6.36. The molecule has 20 heavy (non-hydrogen) atoms. The van der Waals surface area contributed by atoms with Crippen molar-refractivity contribution in [2.45, 2.75) is 51.1 Å². The molecule has 0 bridgehead atoms. The fraction of sp³-hybridized carbons (Fsp3) is 0.846. The fourth-order valence-electron chi connectivity index (χ4n) is 2.41. The minimum absolute atomic E-state index is 0.0437. The maximum atomic E-state index is 11.8. The molecule has 0 spiro atoms. The number of hydrogen-bond donors (Lipinski definition) is 3. The topological polar surface area (TPSA) is 95.5 Å². The summed E-state index contributed by atoms with van der Waals surface area (Å²) in [5.41, 5.74) is 0. The van der Waals surface area contributed by atoms with E-state index in [1.165, 1.54) is 0 Å². The minimum atomic E-state index is -0.854. The van der Waals surface area contributed by atoms with Gasteiger partial charge < -0.3 is 15.7 Å². The zero-order chi connectivity index (χ0) is 15.1. The van der Waals surface area contributed by atoms with E-state index in [9.17, 15) is 13.8 Å². The molecule has 1 rings (SSSR count). The van der Waals surface area contributed by atoms with Crippen LogP contribution in [0.25, 0.3) is 0 Å². The number of urea groups is 1. The molecule has 0 radical (unpaired) electrons. The Morgan fingerprint density at radius 3 is 2.70 bits per heavy atom. The Kier molecular flexibility index (Phi) is 6.98. The van der Waals surface area contributed by atoms with Crippen LogP contribution in [0.3, 0.4) is 0 Å². The molecule has 1 saturated carbocycles. The van der Waals surface area contributed by atoms with Gasteiger partial charge in [-0.3, -0.25) is 9.00 Å². The van der Waals surface area contributed by atoms with E-state index in [4.69, 9.17) is 5.11 Å². The minimum Gasteiger partial charge on any atom is -0.481 e. The molecule has 0 aliphatic heterocycles. The zero-order valence-corrected chi connectivity index (χ0v) is 12.9. The van der Waals surface area contributed by atoms with Gasteiger partial charge in [-0.15, -0.1) is 0 Å². The predicted molar refractivity (Wildman–Crippen MR) is 78.1 cm³/mol. The molecule has 0 heterocycles. The van der Waals surface area contributed by atoms with Gasteiger partial charge in [0.25, 0.3) is 0 Å². The number of carboxylic acid groups (broad SMARTS) is 1. The SMILES string of the molecule is CC(CCS(C)=O)NC(=O)NC1CCCC(C(=O)O)C1. The molecule has 2 amide bonds. The Hall–Kier alpha value is -1.11. The summed E-state index contributed by atoms with van der Waals surface area (Å²) in [5, 5.41) is 14.6. The summed E-state index contributed by atoms with van der Waals surface area (Å²) in [5.74, 6) is -0.573. The second-order valence-electron chi connectivity index (χ2n) is 5.48. The molecule has 0 saturated heterocycles. The summed E-state index contributed by atoms with van der Waals surface area (Å²) in [6, 6.07) is -0.384. The van der Waals surface area contributed by atoms with E-state index >= 15 is 0 Å². The van der Waals surface area contributed by atoms with Crippen molar-refractivity contribution < 1.29 is 18.9 Å². The highest BCUT2D eigenvalue weighted by Gasteiger charge is 2.27. The van der Waals surface area contributed by atoms with E-state index in [1.54, 1.807) is 6.26 Å². The third-order valence-corrected chi connectivity index (χ3v) is 4.39. The first kappa shape index (κ1) is 16.9. The van der Waals surface area contributed by atoms with Crippen LogP contribution in [0.5, 0.6) is 0 Å². The Balaban J connectivity index is 2.30. The molecule has 1 fully saturated rings. The van der Waals surface area contributed by atoms with Crippen LogP contribution in [-0.4, -0.2) is 45.4 Å². The van der Waals surface area contributed by atoms with Gasteiger partial charge in [0, 0.05) is 34.9 Å². The van der Waals surface area contributed by atoms with Gasteiger partial charge in [-0.05, 0) is 32.6 Å². The van der Waals surface area contributed by atoms with Crippen molar-refractivity contribution >= 4 is 22.8 Å². The molecule has 7 heteroatoms. The Morgan fingerprint density at radius 2 is 2.10 bits per heavy atom. The van der Waals surface area contributed by atoms with Gasteiger partial charge in [0.05, 0.1) is 5.92 Å². The lowest BCUT2D eigenvalue weighted by Gasteiger charge is -2.28.